The Morgan fingerprint density at radius 1 is 1.13 bits per heavy atom. The van der Waals surface area contributed by atoms with E-state index in [4.69, 9.17) is 0 Å². The lowest BCUT2D eigenvalue weighted by atomic mass is 10.1. The highest BCUT2D eigenvalue weighted by atomic mass is 19.4. The first-order valence-corrected chi connectivity index (χ1v) is 3.39. The summed E-state index contributed by atoms with van der Waals surface area (Å²) in [6, 6.07) is 0. The predicted molar refractivity (Wildman–Crippen MR) is 30.8 cm³/mol. The van der Waals surface area contributed by atoms with Crippen molar-refractivity contribution >= 4 is 0 Å². The first kappa shape index (κ1) is 11.9. The number of ether oxygens (including phenoxy) is 2. The van der Waals surface area contributed by atoms with Crippen molar-refractivity contribution in [3.8, 4) is 0 Å². The van der Waals surface area contributed by atoms with Crippen molar-refractivity contribution in [1.82, 2.24) is 0 Å². The van der Waals surface area contributed by atoms with Crippen LogP contribution in [-0.2, 0) is 9.47 Å². The van der Waals surface area contributed by atoms with Crippen LogP contribution in [0.2, 0.25) is 0 Å². The van der Waals surface area contributed by atoms with Crippen molar-refractivity contribution in [2.24, 2.45) is 0 Å². The topological polar surface area (TPSA) is 18.5 Å². The molecule has 1 aliphatic heterocycles. The van der Waals surface area contributed by atoms with Gasteiger partial charge < -0.3 is 9.47 Å². The highest BCUT2D eigenvalue weighted by Gasteiger charge is 2.77. The van der Waals surface area contributed by atoms with Crippen molar-refractivity contribution < 1.29 is 40.2 Å². The Hall–Kier alpha value is -1.15. The lowest BCUT2D eigenvalue weighted by Gasteiger charge is -2.26. The van der Waals surface area contributed by atoms with Gasteiger partial charge in [-0.3, -0.25) is 0 Å². The highest BCUT2D eigenvalue weighted by molar-refractivity contribution is 5.03. The van der Waals surface area contributed by atoms with Crippen LogP contribution >= 0.6 is 0 Å². The molecule has 0 bridgehead atoms. The maximum atomic E-state index is 13.0. The van der Waals surface area contributed by atoms with E-state index in [-0.39, 0.29) is 6.92 Å². The molecule has 0 aromatic heterocycles. The summed E-state index contributed by atoms with van der Waals surface area (Å²) in [4.78, 5) is 0. The van der Waals surface area contributed by atoms with Crippen LogP contribution in [0.3, 0.4) is 0 Å². The summed E-state index contributed by atoms with van der Waals surface area (Å²) in [7, 11) is 0. The van der Waals surface area contributed by atoms with E-state index in [0.717, 1.165) is 0 Å². The molecule has 0 amide bonds. The second-order valence-electron chi connectivity index (χ2n) is 2.76. The average Bonchev–Trinajstić information content (AvgIpc) is 2.23. The van der Waals surface area contributed by atoms with Crippen LogP contribution in [0.1, 0.15) is 6.92 Å². The second kappa shape index (κ2) is 2.92. The quantitative estimate of drug-likeness (QED) is 0.606. The van der Waals surface area contributed by atoms with Gasteiger partial charge in [-0.05, 0) is 0 Å². The molecule has 15 heavy (non-hydrogen) atoms. The zero-order valence-corrected chi connectivity index (χ0v) is 6.96. The molecular weight excluding hydrogens is 237 g/mol. The third-order valence-corrected chi connectivity index (χ3v) is 1.61. The van der Waals surface area contributed by atoms with Crippen LogP contribution in [0, 0.1) is 0 Å². The Balaban J connectivity index is 3.18. The van der Waals surface area contributed by atoms with E-state index in [1.807, 2.05) is 0 Å². The van der Waals surface area contributed by atoms with Gasteiger partial charge >= 0.3 is 29.9 Å². The molecule has 1 heterocycles. The first-order valence-electron chi connectivity index (χ1n) is 3.39. The molecule has 1 fully saturated rings. The second-order valence-corrected chi connectivity index (χ2v) is 2.76. The number of rotatable bonds is 0. The lowest BCUT2D eigenvalue weighted by Crippen LogP contribution is -2.53. The number of hydrogen-bond acceptors (Lipinski definition) is 2. The molecule has 2 atom stereocenters. The summed E-state index contributed by atoms with van der Waals surface area (Å²) in [6.45, 7) is -0.00354. The molecule has 1 aliphatic rings. The Labute approximate surface area is 78.3 Å². The molecule has 0 N–H and O–H groups in total. The van der Waals surface area contributed by atoms with Crippen molar-refractivity contribution in [3.63, 3.8) is 0 Å². The molecule has 0 aromatic carbocycles. The standard InChI is InChI=1S/C6H3F7O2/c1-4(9)5(10,6(11,12)13)15-3(14-4)2(7)8/h1H3. The fourth-order valence-corrected chi connectivity index (χ4v) is 0.868. The Kier molecular flexibility index (Phi) is 2.32. The maximum absolute atomic E-state index is 13.0. The minimum Gasteiger partial charge on any atom is -0.417 e. The van der Waals surface area contributed by atoms with Crippen LogP contribution in [0.15, 0.2) is 12.0 Å². The fourth-order valence-electron chi connectivity index (χ4n) is 0.868. The van der Waals surface area contributed by atoms with Crippen molar-refractivity contribution in [3.05, 3.63) is 12.0 Å². The molecule has 0 aliphatic carbocycles. The fraction of sp³-hybridized carbons (Fsp3) is 0.667. The van der Waals surface area contributed by atoms with Gasteiger partial charge in [0.05, 0.1) is 0 Å². The number of alkyl halides is 5. The maximum Gasteiger partial charge on any atom is 0.468 e. The molecule has 0 aromatic rings. The van der Waals surface area contributed by atoms with Gasteiger partial charge in [-0.1, -0.05) is 0 Å². The van der Waals surface area contributed by atoms with Crippen LogP contribution in [-0.4, -0.2) is 17.9 Å². The van der Waals surface area contributed by atoms with E-state index < -0.39 is 29.9 Å². The van der Waals surface area contributed by atoms with E-state index in [1.165, 1.54) is 0 Å². The Morgan fingerprint density at radius 3 is 1.80 bits per heavy atom. The lowest BCUT2D eigenvalue weighted by molar-refractivity contribution is -0.356. The molecular formula is C6H3F7O2. The van der Waals surface area contributed by atoms with E-state index in [1.54, 1.807) is 0 Å². The summed E-state index contributed by atoms with van der Waals surface area (Å²) in [5.41, 5.74) is 0. The normalized spacial score (nSPS) is 36.1. The van der Waals surface area contributed by atoms with Gasteiger partial charge in [-0.2, -0.15) is 30.7 Å². The van der Waals surface area contributed by atoms with Gasteiger partial charge in [-0.15, -0.1) is 0 Å². The van der Waals surface area contributed by atoms with E-state index in [9.17, 15) is 30.7 Å². The van der Waals surface area contributed by atoms with Gasteiger partial charge in [0.2, 0.25) is 0 Å². The molecule has 0 radical (unpaired) electrons. The van der Waals surface area contributed by atoms with Crippen molar-refractivity contribution in [2.75, 3.05) is 0 Å². The van der Waals surface area contributed by atoms with Crippen molar-refractivity contribution in [1.29, 1.82) is 0 Å². The third-order valence-electron chi connectivity index (χ3n) is 1.61. The summed E-state index contributed by atoms with van der Waals surface area (Å²) in [5, 5.41) is 0. The van der Waals surface area contributed by atoms with Gasteiger partial charge in [0.25, 0.3) is 0 Å². The Bertz CT molecular complexity index is 303. The van der Waals surface area contributed by atoms with E-state index >= 15 is 0 Å². The predicted octanol–water partition coefficient (Wildman–Crippen LogP) is 3.01. The minimum atomic E-state index is -5.84. The summed E-state index contributed by atoms with van der Waals surface area (Å²) >= 11 is 0. The van der Waals surface area contributed by atoms with Crippen LogP contribution in [0.5, 0.6) is 0 Å². The SMILES string of the molecule is CC1(F)OC(=C(F)F)OC1(F)C(F)(F)F. The molecule has 2 nitrogen and oxygen atoms in total. The molecule has 1 rings (SSSR count). The van der Waals surface area contributed by atoms with Crippen molar-refractivity contribution in [2.45, 2.75) is 24.8 Å². The summed E-state index contributed by atoms with van der Waals surface area (Å²) in [5.74, 6) is -11.1. The summed E-state index contributed by atoms with van der Waals surface area (Å²) in [6.07, 6.45) is -8.73. The average molecular weight is 240 g/mol. The van der Waals surface area contributed by atoms with Gasteiger partial charge in [0.1, 0.15) is 0 Å². The Morgan fingerprint density at radius 2 is 1.60 bits per heavy atom. The largest absolute Gasteiger partial charge is 0.468 e. The molecule has 88 valence electrons. The summed E-state index contributed by atoms with van der Waals surface area (Å²) < 4.78 is 91.9. The highest BCUT2D eigenvalue weighted by Crippen LogP contribution is 2.52. The van der Waals surface area contributed by atoms with E-state index in [0.29, 0.717) is 0 Å². The van der Waals surface area contributed by atoms with E-state index in [2.05, 4.69) is 9.47 Å². The van der Waals surface area contributed by atoms with Crippen LogP contribution in [0.25, 0.3) is 0 Å². The van der Waals surface area contributed by atoms with Crippen LogP contribution in [0.4, 0.5) is 30.7 Å². The van der Waals surface area contributed by atoms with Gasteiger partial charge in [0.15, 0.2) is 0 Å². The monoisotopic (exact) mass is 240 g/mol. The molecule has 0 saturated carbocycles. The molecule has 0 spiro atoms. The molecule has 1 saturated heterocycles. The molecule has 2 unspecified atom stereocenters. The van der Waals surface area contributed by atoms with Gasteiger partial charge in [0, 0.05) is 6.92 Å². The van der Waals surface area contributed by atoms with Gasteiger partial charge in [-0.25, -0.2) is 0 Å². The first-order chi connectivity index (χ1) is 6.51. The zero-order chi connectivity index (χ0) is 12.1. The smallest absolute Gasteiger partial charge is 0.417 e. The number of hydrogen-bond donors (Lipinski definition) is 0. The van der Waals surface area contributed by atoms with Crippen LogP contribution < -0.4 is 0 Å². The molecule has 9 heteroatoms. The number of halogens is 7. The third kappa shape index (κ3) is 1.59. The minimum absolute atomic E-state index is 0.00354. The zero-order valence-electron chi connectivity index (χ0n) is 6.96.